The van der Waals surface area contributed by atoms with Gasteiger partial charge in [0.05, 0.1) is 5.69 Å². The highest BCUT2D eigenvalue weighted by atomic mass is 35.5. The Kier molecular flexibility index (Phi) is 3.32. The second kappa shape index (κ2) is 5.13. The number of hydrogen-bond donors (Lipinski definition) is 0. The van der Waals surface area contributed by atoms with E-state index in [9.17, 15) is 0 Å². The smallest absolute Gasteiger partial charge is 0.234 e. The summed E-state index contributed by atoms with van der Waals surface area (Å²) in [5.41, 5.74) is 2.92. The maximum Gasteiger partial charge on any atom is 0.234 e. The van der Waals surface area contributed by atoms with Crippen molar-refractivity contribution < 1.29 is 4.74 Å². The van der Waals surface area contributed by atoms with E-state index in [2.05, 4.69) is 9.97 Å². The molecule has 5 heteroatoms. The quantitative estimate of drug-likeness (QED) is 0.739. The Balaban J connectivity index is 1.81. The Hall–Kier alpha value is -2.07. The van der Waals surface area contributed by atoms with Crippen LogP contribution in [-0.2, 0) is 6.61 Å². The minimum atomic E-state index is 0.406. The maximum atomic E-state index is 5.83. The van der Waals surface area contributed by atoms with Crippen LogP contribution in [0.3, 0.4) is 0 Å². The number of rotatable bonds is 3. The van der Waals surface area contributed by atoms with E-state index in [1.54, 1.807) is 12.1 Å². The van der Waals surface area contributed by atoms with E-state index in [1.165, 1.54) is 0 Å². The van der Waals surface area contributed by atoms with Crippen molar-refractivity contribution in [1.82, 2.24) is 14.4 Å². The molecule has 20 heavy (non-hydrogen) atoms. The van der Waals surface area contributed by atoms with Crippen molar-refractivity contribution in [1.29, 1.82) is 0 Å². The number of benzene rings is 1. The van der Waals surface area contributed by atoms with Crippen LogP contribution in [0, 0.1) is 13.8 Å². The number of aryl methyl sites for hydroxylation is 2. The molecule has 0 aliphatic carbocycles. The van der Waals surface area contributed by atoms with Gasteiger partial charge in [0.15, 0.2) is 0 Å². The van der Waals surface area contributed by atoms with Gasteiger partial charge in [-0.3, -0.25) is 4.40 Å². The third-order valence-electron chi connectivity index (χ3n) is 3.01. The molecule has 1 aromatic carbocycles. The lowest BCUT2D eigenvalue weighted by atomic mass is 10.3. The zero-order valence-electron chi connectivity index (χ0n) is 11.3. The largest absolute Gasteiger partial charge is 0.487 e. The van der Waals surface area contributed by atoms with Gasteiger partial charge < -0.3 is 4.74 Å². The van der Waals surface area contributed by atoms with Gasteiger partial charge in [-0.05, 0) is 44.2 Å². The van der Waals surface area contributed by atoms with Gasteiger partial charge in [0.2, 0.25) is 5.78 Å². The van der Waals surface area contributed by atoms with Gasteiger partial charge >= 0.3 is 0 Å². The number of hydrogen-bond acceptors (Lipinski definition) is 3. The van der Waals surface area contributed by atoms with Crippen molar-refractivity contribution in [3.05, 3.63) is 58.6 Å². The third-order valence-corrected chi connectivity index (χ3v) is 3.26. The van der Waals surface area contributed by atoms with Crippen LogP contribution in [0.4, 0.5) is 0 Å². The average molecular weight is 288 g/mol. The van der Waals surface area contributed by atoms with Crippen LogP contribution in [-0.4, -0.2) is 14.4 Å². The van der Waals surface area contributed by atoms with Gasteiger partial charge in [0, 0.05) is 22.6 Å². The summed E-state index contributed by atoms with van der Waals surface area (Å²) in [6, 6.07) is 9.31. The summed E-state index contributed by atoms with van der Waals surface area (Å²) in [5.74, 6) is 1.48. The van der Waals surface area contributed by atoms with Gasteiger partial charge in [-0.25, -0.2) is 9.97 Å². The molecule has 0 fully saturated rings. The van der Waals surface area contributed by atoms with Crippen LogP contribution in [0.5, 0.6) is 5.75 Å². The minimum absolute atomic E-state index is 0.406. The fraction of sp³-hybridized carbons (Fsp3) is 0.200. The van der Waals surface area contributed by atoms with Gasteiger partial charge in [-0.2, -0.15) is 0 Å². The van der Waals surface area contributed by atoms with Crippen LogP contribution in [0.1, 0.15) is 17.1 Å². The van der Waals surface area contributed by atoms with Gasteiger partial charge in [0.1, 0.15) is 12.4 Å². The van der Waals surface area contributed by atoms with E-state index in [1.807, 2.05) is 42.6 Å². The van der Waals surface area contributed by atoms with E-state index in [0.717, 1.165) is 22.8 Å². The Morgan fingerprint density at radius 2 is 1.90 bits per heavy atom. The van der Waals surface area contributed by atoms with E-state index in [-0.39, 0.29) is 0 Å². The fourth-order valence-electron chi connectivity index (χ4n) is 2.08. The van der Waals surface area contributed by atoms with Crippen LogP contribution >= 0.6 is 11.6 Å². The molecule has 0 aliphatic rings. The fourth-order valence-corrected chi connectivity index (χ4v) is 2.20. The summed E-state index contributed by atoms with van der Waals surface area (Å²) in [7, 11) is 0. The predicted molar refractivity (Wildman–Crippen MR) is 78.2 cm³/mol. The third kappa shape index (κ3) is 2.60. The molecule has 0 saturated carbocycles. The molecule has 2 aromatic heterocycles. The van der Waals surface area contributed by atoms with Crippen molar-refractivity contribution >= 4 is 17.4 Å². The molecule has 4 nitrogen and oxygen atoms in total. The van der Waals surface area contributed by atoms with Gasteiger partial charge in [-0.1, -0.05) is 11.6 Å². The molecule has 0 unspecified atom stereocenters. The topological polar surface area (TPSA) is 39.4 Å². The van der Waals surface area contributed by atoms with Crippen LogP contribution in [0.2, 0.25) is 5.02 Å². The molecule has 0 aliphatic heterocycles. The molecule has 3 rings (SSSR count). The summed E-state index contributed by atoms with van der Waals surface area (Å²) >= 11 is 5.83. The molecule has 102 valence electrons. The second-order valence-corrected chi connectivity index (χ2v) is 5.12. The number of ether oxygens (including phenoxy) is 1. The molecular formula is C15H14ClN3O. The zero-order chi connectivity index (χ0) is 14.1. The number of fused-ring (bicyclic) bond motifs is 1. The Morgan fingerprint density at radius 3 is 2.65 bits per heavy atom. The predicted octanol–water partition coefficient (Wildman–Crippen LogP) is 3.58. The van der Waals surface area contributed by atoms with Gasteiger partial charge in [0.25, 0.3) is 0 Å². The summed E-state index contributed by atoms with van der Waals surface area (Å²) in [6.07, 6.45) is 1.95. The number of aromatic nitrogens is 3. The molecule has 0 saturated heterocycles. The lowest BCUT2D eigenvalue weighted by Crippen LogP contribution is -1.95. The number of nitrogens with zero attached hydrogens (tertiary/aromatic N) is 3. The summed E-state index contributed by atoms with van der Waals surface area (Å²) in [6.45, 7) is 4.40. The molecule has 0 amide bonds. The van der Waals surface area contributed by atoms with Gasteiger partial charge in [-0.15, -0.1) is 0 Å². The highest BCUT2D eigenvalue weighted by Crippen LogP contribution is 2.17. The van der Waals surface area contributed by atoms with E-state index in [0.29, 0.717) is 17.4 Å². The number of imidazole rings is 1. The first-order valence-electron chi connectivity index (χ1n) is 6.32. The Morgan fingerprint density at radius 1 is 1.15 bits per heavy atom. The molecule has 3 aromatic rings. The highest BCUT2D eigenvalue weighted by molar-refractivity contribution is 6.30. The molecule has 0 spiro atoms. The van der Waals surface area contributed by atoms with Crippen LogP contribution in [0.25, 0.3) is 5.78 Å². The molecule has 0 radical (unpaired) electrons. The average Bonchev–Trinajstić information content (AvgIpc) is 2.81. The lowest BCUT2D eigenvalue weighted by Gasteiger charge is -2.03. The molecule has 0 bridgehead atoms. The first-order valence-corrected chi connectivity index (χ1v) is 6.70. The van der Waals surface area contributed by atoms with E-state index in [4.69, 9.17) is 16.3 Å². The van der Waals surface area contributed by atoms with Crippen molar-refractivity contribution in [2.75, 3.05) is 0 Å². The monoisotopic (exact) mass is 287 g/mol. The minimum Gasteiger partial charge on any atom is -0.487 e. The maximum absolute atomic E-state index is 5.83. The molecule has 0 atom stereocenters. The summed E-state index contributed by atoms with van der Waals surface area (Å²) < 4.78 is 7.65. The number of halogens is 1. The second-order valence-electron chi connectivity index (χ2n) is 4.68. The molecule has 0 N–H and O–H groups in total. The van der Waals surface area contributed by atoms with E-state index < -0.39 is 0 Å². The van der Waals surface area contributed by atoms with E-state index >= 15 is 0 Å². The van der Waals surface area contributed by atoms with Crippen molar-refractivity contribution in [2.45, 2.75) is 20.5 Å². The SMILES string of the molecule is Cc1cc(C)n2cc(COc3ccc(Cl)cc3)nc2n1. The Labute approximate surface area is 122 Å². The first kappa shape index (κ1) is 12.9. The Bertz CT molecular complexity index is 750. The molecule has 2 heterocycles. The summed E-state index contributed by atoms with van der Waals surface area (Å²) in [4.78, 5) is 8.87. The zero-order valence-corrected chi connectivity index (χ0v) is 12.1. The lowest BCUT2D eigenvalue weighted by molar-refractivity contribution is 0.302. The molecular weight excluding hydrogens is 274 g/mol. The first-order chi connectivity index (χ1) is 9.61. The van der Waals surface area contributed by atoms with Crippen LogP contribution in [0.15, 0.2) is 36.5 Å². The van der Waals surface area contributed by atoms with Crippen LogP contribution < -0.4 is 4.74 Å². The van der Waals surface area contributed by atoms with Crippen molar-refractivity contribution in [3.63, 3.8) is 0 Å². The normalized spacial score (nSPS) is 10.9. The van der Waals surface area contributed by atoms with Crippen molar-refractivity contribution in [2.24, 2.45) is 0 Å². The van der Waals surface area contributed by atoms with Crippen molar-refractivity contribution in [3.8, 4) is 5.75 Å². The summed E-state index contributed by atoms with van der Waals surface area (Å²) in [5, 5.41) is 0.695. The standard InChI is InChI=1S/C15H14ClN3O/c1-10-7-11(2)19-8-13(18-15(19)17-10)9-20-14-5-3-12(16)4-6-14/h3-8H,9H2,1-2H3. The highest BCUT2D eigenvalue weighted by Gasteiger charge is 2.06.